The molecule has 0 bridgehead atoms. The van der Waals surface area contributed by atoms with Crippen molar-refractivity contribution in [1.82, 2.24) is 0 Å². The number of nitrogens with zero attached hydrogens (tertiary/aromatic N) is 2. The number of unbranched alkanes of at least 4 members (excludes halogenated alkanes) is 3. The molecule has 0 aliphatic rings. The summed E-state index contributed by atoms with van der Waals surface area (Å²) in [5.74, 6) is 0. The highest BCUT2D eigenvalue weighted by atomic mass is 16.0. The van der Waals surface area contributed by atoms with Crippen LogP contribution in [0.15, 0.2) is 0 Å². The second kappa shape index (κ2) is 14.4. The summed E-state index contributed by atoms with van der Waals surface area (Å²) in [4.78, 5) is 0. The Bertz CT molecular complexity index is 187. The minimum absolute atomic E-state index is 0. The van der Waals surface area contributed by atoms with Crippen molar-refractivity contribution in [3.05, 3.63) is 0 Å². The molecule has 138 valence electrons. The minimum atomic E-state index is 0. The van der Waals surface area contributed by atoms with Crippen LogP contribution in [0.4, 0.5) is 0 Å². The van der Waals surface area contributed by atoms with Crippen molar-refractivity contribution in [2.24, 2.45) is 0 Å². The zero-order valence-electron chi connectivity index (χ0n) is 16.3. The highest BCUT2D eigenvalue weighted by molar-refractivity contribution is 4.47. The Hall–Kier alpha value is -0.160. The van der Waals surface area contributed by atoms with Gasteiger partial charge < -0.3 is 19.9 Å². The lowest BCUT2D eigenvalue weighted by Gasteiger charge is -2.36. The van der Waals surface area contributed by atoms with E-state index in [4.69, 9.17) is 0 Å². The van der Waals surface area contributed by atoms with Gasteiger partial charge in [0.05, 0.1) is 52.4 Å². The summed E-state index contributed by atoms with van der Waals surface area (Å²) in [6.45, 7) is 24.7. The molecule has 0 aliphatic heterocycles. The monoisotopic (exact) mass is 320 g/mol. The zero-order valence-corrected chi connectivity index (χ0v) is 16.3. The third-order valence-electron chi connectivity index (χ3n) is 6.04. The summed E-state index contributed by atoms with van der Waals surface area (Å²) < 4.78 is 2.64. The van der Waals surface area contributed by atoms with E-state index in [0.717, 1.165) is 0 Å². The van der Waals surface area contributed by atoms with E-state index in [9.17, 15) is 0 Å². The van der Waals surface area contributed by atoms with Gasteiger partial charge in [0, 0.05) is 0 Å². The molecule has 0 fully saturated rings. The molecule has 2 N–H and O–H groups in total. The van der Waals surface area contributed by atoms with E-state index in [0.29, 0.717) is 0 Å². The van der Waals surface area contributed by atoms with Gasteiger partial charge in [0.1, 0.15) is 0 Å². The summed E-state index contributed by atoms with van der Waals surface area (Å²) in [6.07, 6.45) is 5.69. The molecule has 0 heterocycles. The minimum Gasteiger partial charge on any atom is -0.870 e. The molecule has 4 heteroatoms. The highest BCUT2D eigenvalue weighted by Crippen LogP contribution is 2.13. The fourth-order valence-electron chi connectivity index (χ4n) is 3.54. The van der Waals surface area contributed by atoms with Gasteiger partial charge in [0.2, 0.25) is 0 Å². The largest absolute Gasteiger partial charge is 0.870 e. The number of hydrogen-bond donors (Lipinski definition) is 0. The topological polar surface area (TPSA) is 60.0 Å². The first-order valence-corrected chi connectivity index (χ1v) is 9.27. The van der Waals surface area contributed by atoms with Crippen LogP contribution in [0.2, 0.25) is 0 Å². The zero-order chi connectivity index (χ0) is 15.5. The lowest BCUT2D eigenvalue weighted by molar-refractivity contribution is -0.924. The Balaban J connectivity index is -0.00000180. The summed E-state index contributed by atoms with van der Waals surface area (Å²) in [5, 5.41) is 0. The average molecular weight is 321 g/mol. The quantitative estimate of drug-likeness (QED) is 0.381. The Morgan fingerprint density at radius 2 is 0.636 bits per heavy atom. The van der Waals surface area contributed by atoms with Gasteiger partial charge in [-0.25, -0.2) is 0 Å². The van der Waals surface area contributed by atoms with Crippen molar-refractivity contribution in [3.63, 3.8) is 0 Å². The van der Waals surface area contributed by atoms with Gasteiger partial charge >= 0.3 is 0 Å². The Morgan fingerprint density at radius 1 is 0.409 bits per heavy atom. The summed E-state index contributed by atoms with van der Waals surface area (Å²) >= 11 is 0. The molecule has 0 aromatic heterocycles. The number of hydrogen-bond acceptors (Lipinski definition) is 2. The molecule has 0 aromatic carbocycles. The second-order valence-corrected chi connectivity index (χ2v) is 6.44. The standard InChI is InChI=1S/C18H42N2.2H2O/c1-7-19(8-2,9-3)17-15-13-14-16-18-20(10-4,11-5)12-6;;/h7-18H2,1-6H3;2*1H2/q+2;;/p-2. The maximum absolute atomic E-state index is 2.35. The van der Waals surface area contributed by atoms with E-state index in [1.807, 2.05) is 0 Å². The maximum Gasteiger partial charge on any atom is 0.0786 e. The van der Waals surface area contributed by atoms with Gasteiger partial charge in [0.15, 0.2) is 0 Å². The van der Waals surface area contributed by atoms with Gasteiger partial charge in [-0.05, 0) is 67.2 Å². The van der Waals surface area contributed by atoms with Crippen LogP contribution >= 0.6 is 0 Å². The molecule has 0 unspecified atom stereocenters. The van der Waals surface area contributed by atoms with Crippen LogP contribution in [0, 0.1) is 0 Å². The normalized spacial score (nSPS) is 11.7. The summed E-state index contributed by atoms with van der Waals surface area (Å²) in [6, 6.07) is 0. The number of quaternary nitrogens is 2. The summed E-state index contributed by atoms with van der Waals surface area (Å²) in [7, 11) is 0. The van der Waals surface area contributed by atoms with Gasteiger partial charge in [-0.15, -0.1) is 0 Å². The van der Waals surface area contributed by atoms with Crippen LogP contribution in [0.25, 0.3) is 0 Å². The van der Waals surface area contributed by atoms with E-state index in [2.05, 4.69) is 41.5 Å². The molecule has 22 heavy (non-hydrogen) atoms. The molecule has 0 aromatic rings. The first-order chi connectivity index (χ1) is 9.57. The first-order valence-electron chi connectivity index (χ1n) is 9.27. The first kappa shape index (κ1) is 26.7. The molecule has 0 saturated heterocycles. The molecule has 0 amide bonds. The third kappa shape index (κ3) is 8.47. The highest BCUT2D eigenvalue weighted by Gasteiger charge is 2.21. The van der Waals surface area contributed by atoms with Gasteiger partial charge in [-0.2, -0.15) is 0 Å². The molecule has 0 atom stereocenters. The van der Waals surface area contributed by atoms with Crippen molar-refractivity contribution in [3.8, 4) is 0 Å². The van der Waals surface area contributed by atoms with Crippen molar-refractivity contribution in [2.45, 2.75) is 67.2 Å². The van der Waals surface area contributed by atoms with E-state index in [-0.39, 0.29) is 11.0 Å². The van der Waals surface area contributed by atoms with Crippen LogP contribution in [-0.4, -0.2) is 72.3 Å². The van der Waals surface area contributed by atoms with Gasteiger partial charge in [-0.1, -0.05) is 0 Å². The van der Waals surface area contributed by atoms with Crippen molar-refractivity contribution in [1.29, 1.82) is 0 Å². The molecular formula is C18H44N2O2. The van der Waals surface area contributed by atoms with Crippen LogP contribution in [0.3, 0.4) is 0 Å². The van der Waals surface area contributed by atoms with Crippen LogP contribution in [0.5, 0.6) is 0 Å². The molecule has 0 spiro atoms. The predicted octanol–water partition coefficient (Wildman–Crippen LogP) is 3.95. The molecular weight excluding hydrogens is 276 g/mol. The Morgan fingerprint density at radius 3 is 0.818 bits per heavy atom. The molecule has 0 rings (SSSR count). The SMILES string of the molecule is CC[N+](CC)(CC)CCCCCC[N+](CC)(CC)CC.[OH-].[OH-]. The summed E-state index contributed by atoms with van der Waals surface area (Å²) in [5.41, 5.74) is 0. The predicted molar refractivity (Wildman–Crippen MR) is 95.8 cm³/mol. The molecule has 0 radical (unpaired) electrons. The maximum atomic E-state index is 2.35. The van der Waals surface area contributed by atoms with E-state index < -0.39 is 0 Å². The Labute approximate surface area is 140 Å². The molecule has 0 saturated carbocycles. The van der Waals surface area contributed by atoms with Gasteiger partial charge in [-0.3, -0.25) is 0 Å². The average Bonchev–Trinajstić information content (AvgIpc) is 2.52. The molecule has 0 aliphatic carbocycles. The second-order valence-electron chi connectivity index (χ2n) is 6.44. The Kier molecular flexibility index (Phi) is 17.5. The van der Waals surface area contributed by atoms with Crippen molar-refractivity contribution in [2.75, 3.05) is 52.4 Å². The van der Waals surface area contributed by atoms with E-state index >= 15 is 0 Å². The fraction of sp³-hybridized carbons (Fsp3) is 1.00. The smallest absolute Gasteiger partial charge is 0.0786 e. The molecule has 4 nitrogen and oxygen atoms in total. The van der Waals surface area contributed by atoms with Crippen LogP contribution in [0.1, 0.15) is 67.2 Å². The lowest BCUT2D eigenvalue weighted by Crippen LogP contribution is -2.48. The third-order valence-corrected chi connectivity index (χ3v) is 6.04. The lowest BCUT2D eigenvalue weighted by atomic mass is 10.1. The van der Waals surface area contributed by atoms with Crippen molar-refractivity contribution >= 4 is 0 Å². The fourth-order valence-corrected chi connectivity index (χ4v) is 3.54. The van der Waals surface area contributed by atoms with E-state index in [1.165, 1.54) is 87.0 Å². The van der Waals surface area contributed by atoms with Gasteiger partial charge in [0.25, 0.3) is 0 Å². The van der Waals surface area contributed by atoms with Crippen molar-refractivity contribution < 1.29 is 19.9 Å². The van der Waals surface area contributed by atoms with Crippen LogP contribution in [-0.2, 0) is 0 Å². The van der Waals surface area contributed by atoms with Crippen LogP contribution < -0.4 is 0 Å². The number of rotatable bonds is 13. The van der Waals surface area contributed by atoms with E-state index in [1.54, 1.807) is 0 Å².